The first kappa shape index (κ1) is 34.3. The first-order valence-corrected chi connectivity index (χ1v) is 15.4. The number of aliphatic hydroxyl groups excluding tert-OH is 2. The minimum absolute atomic E-state index is 0.111. The molecule has 0 saturated heterocycles. The Morgan fingerprint density at radius 3 is 2.02 bits per heavy atom. The topological polar surface area (TPSA) is 57.5 Å². The van der Waals surface area contributed by atoms with E-state index >= 15 is 4.39 Å². The van der Waals surface area contributed by atoms with Crippen LogP contribution in [-0.2, 0) is 11.2 Å². The zero-order chi connectivity index (χ0) is 31.4. The molecule has 2 N–H and O–H groups in total. The zero-order valence-electron chi connectivity index (χ0n) is 25.4. The lowest BCUT2D eigenvalue weighted by Crippen LogP contribution is -2.24. The molecule has 1 fully saturated rings. The van der Waals surface area contributed by atoms with E-state index in [1.54, 1.807) is 19.1 Å². The number of carbonyl (C=O) groups excluding carboxylic acids is 1. The van der Waals surface area contributed by atoms with E-state index in [0.717, 1.165) is 56.8 Å². The molecule has 1 unspecified atom stereocenters. The van der Waals surface area contributed by atoms with E-state index in [2.05, 4.69) is 13.5 Å². The molecule has 0 radical (unpaired) electrons. The van der Waals surface area contributed by atoms with Crippen molar-refractivity contribution in [1.82, 2.24) is 0 Å². The Hall–Kier alpha value is -3.22. The molecule has 43 heavy (non-hydrogen) atoms. The molecular formula is C37H45F3O3. The highest BCUT2D eigenvalue weighted by Crippen LogP contribution is 2.40. The maximum Gasteiger partial charge on any atom is 0.145 e. The third-order valence-electron chi connectivity index (χ3n) is 8.50. The molecule has 1 aliphatic rings. The normalized spacial score (nSPS) is 17.1. The molecule has 0 amide bonds. The Morgan fingerprint density at radius 1 is 0.907 bits per heavy atom. The molecule has 0 aliphatic heterocycles. The lowest BCUT2D eigenvalue weighted by atomic mass is 9.73. The van der Waals surface area contributed by atoms with E-state index in [4.69, 9.17) is 0 Å². The van der Waals surface area contributed by atoms with Gasteiger partial charge in [0, 0.05) is 18.8 Å². The molecule has 1 saturated carbocycles. The molecule has 4 rings (SSSR count). The number of benzene rings is 3. The number of hydrogen-bond donors (Lipinski definition) is 2. The molecule has 3 nitrogen and oxygen atoms in total. The largest absolute Gasteiger partial charge is 0.396 e. The summed E-state index contributed by atoms with van der Waals surface area (Å²) in [4.78, 5) is 9.41. The molecule has 232 valence electrons. The number of aliphatic hydroxyl groups is 2. The second-order valence-corrected chi connectivity index (χ2v) is 11.7. The van der Waals surface area contributed by atoms with E-state index in [0.29, 0.717) is 41.4 Å². The van der Waals surface area contributed by atoms with Crippen molar-refractivity contribution in [3.8, 4) is 22.3 Å². The van der Waals surface area contributed by atoms with Crippen LogP contribution in [0.1, 0.15) is 82.3 Å². The monoisotopic (exact) mass is 594 g/mol. The summed E-state index contributed by atoms with van der Waals surface area (Å²) in [6.45, 7) is 7.28. The summed E-state index contributed by atoms with van der Waals surface area (Å²) >= 11 is 0. The van der Waals surface area contributed by atoms with Gasteiger partial charge in [0.2, 0.25) is 0 Å². The van der Waals surface area contributed by atoms with E-state index in [1.165, 1.54) is 23.8 Å². The van der Waals surface area contributed by atoms with Gasteiger partial charge in [-0.3, -0.25) is 4.79 Å². The summed E-state index contributed by atoms with van der Waals surface area (Å²) in [5.41, 5.74) is 3.54. The van der Waals surface area contributed by atoms with E-state index in [9.17, 15) is 23.8 Å². The Labute approximate surface area is 254 Å². The van der Waals surface area contributed by atoms with Crippen LogP contribution < -0.4 is 0 Å². The SMILES string of the molecule is C=C(C)C=O.CCCCCc1cc(F)c(-c2ccc(-c3ccc(C4CCC(C(CO)CCO)CC4)cc3)c(F)c2)c(F)c1. The second-order valence-electron chi connectivity index (χ2n) is 11.7. The first-order chi connectivity index (χ1) is 20.7. The number of carbonyl (C=O) groups is 1. The van der Waals surface area contributed by atoms with Crippen molar-refractivity contribution in [2.24, 2.45) is 11.8 Å². The fraction of sp³-hybridized carbons (Fsp3) is 0.432. The van der Waals surface area contributed by atoms with Crippen LogP contribution in [0.2, 0.25) is 0 Å². The van der Waals surface area contributed by atoms with Crippen LogP contribution in [0.5, 0.6) is 0 Å². The minimum Gasteiger partial charge on any atom is -0.396 e. The van der Waals surface area contributed by atoms with Gasteiger partial charge >= 0.3 is 0 Å². The van der Waals surface area contributed by atoms with Crippen molar-refractivity contribution < 1.29 is 28.2 Å². The predicted octanol–water partition coefficient (Wildman–Crippen LogP) is 9.20. The second kappa shape index (κ2) is 17.2. The highest BCUT2D eigenvalue weighted by Gasteiger charge is 2.27. The van der Waals surface area contributed by atoms with Crippen LogP contribution in [0.3, 0.4) is 0 Å². The maximum absolute atomic E-state index is 15.2. The van der Waals surface area contributed by atoms with Crippen LogP contribution in [0.25, 0.3) is 22.3 Å². The summed E-state index contributed by atoms with van der Waals surface area (Å²) in [5.74, 6) is -0.798. The molecule has 3 aromatic carbocycles. The summed E-state index contributed by atoms with van der Waals surface area (Å²) in [6.07, 6.45) is 9.04. The summed E-state index contributed by atoms with van der Waals surface area (Å²) in [7, 11) is 0. The average Bonchev–Trinajstić information content (AvgIpc) is 3.00. The maximum atomic E-state index is 15.2. The fourth-order valence-electron chi connectivity index (χ4n) is 6.03. The smallest absolute Gasteiger partial charge is 0.145 e. The van der Waals surface area contributed by atoms with Crippen molar-refractivity contribution in [3.63, 3.8) is 0 Å². The third kappa shape index (κ3) is 9.64. The number of halogens is 3. The average molecular weight is 595 g/mol. The molecule has 0 aromatic heterocycles. The van der Waals surface area contributed by atoms with Crippen LogP contribution in [0.4, 0.5) is 13.2 Å². The Balaban J connectivity index is 0.000000934. The lowest BCUT2D eigenvalue weighted by Gasteiger charge is -2.33. The van der Waals surface area contributed by atoms with Gasteiger partial charge in [-0.15, -0.1) is 0 Å². The lowest BCUT2D eigenvalue weighted by molar-refractivity contribution is -0.104. The Morgan fingerprint density at radius 2 is 1.51 bits per heavy atom. The molecule has 0 heterocycles. The number of hydrogen-bond acceptors (Lipinski definition) is 3. The van der Waals surface area contributed by atoms with Crippen molar-refractivity contribution in [3.05, 3.63) is 95.3 Å². The fourth-order valence-corrected chi connectivity index (χ4v) is 6.03. The number of unbranched alkanes of at least 4 members (excludes halogenated alkanes) is 2. The number of allylic oxidation sites excluding steroid dienone is 1. The quantitative estimate of drug-likeness (QED) is 0.125. The molecular weight excluding hydrogens is 549 g/mol. The first-order valence-electron chi connectivity index (χ1n) is 15.4. The van der Waals surface area contributed by atoms with Crippen molar-refractivity contribution in [1.29, 1.82) is 0 Å². The van der Waals surface area contributed by atoms with Gasteiger partial charge < -0.3 is 10.2 Å². The van der Waals surface area contributed by atoms with Gasteiger partial charge in [0.15, 0.2) is 0 Å². The third-order valence-corrected chi connectivity index (χ3v) is 8.50. The minimum atomic E-state index is -0.663. The van der Waals surface area contributed by atoms with Crippen molar-refractivity contribution in [2.75, 3.05) is 13.2 Å². The number of aryl methyl sites for hydroxylation is 1. The Kier molecular flexibility index (Phi) is 13.7. The van der Waals surface area contributed by atoms with Crippen molar-refractivity contribution in [2.45, 2.75) is 77.6 Å². The van der Waals surface area contributed by atoms with E-state index < -0.39 is 17.5 Å². The van der Waals surface area contributed by atoms with Crippen LogP contribution >= 0.6 is 0 Å². The van der Waals surface area contributed by atoms with E-state index in [1.807, 2.05) is 24.3 Å². The van der Waals surface area contributed by atoms with Gasteiger partial charge in [0.05, 0.1) is 5.56 Å². The molecule has 6 heteroatoms. The van der Waals surface area contributed by atoms with Gasteiger partial charge in [0.25, 0.3) is 0 Å². The highest BCUT2D eigenvalue weighted by molar-refractivity contribution is 5.72. The Bertz CT molecular complexity index is 1300. The summed E-state index contributed by atoms with van der Waals surface area (Å²) < 4.78 is 44.8. The standard InChI is InChI=1S/C33H39F3O2.C4H6O/c1-2-3-4-5-22-18-31(35)33(32(36)19-22)27-14-15-29(30(34)20-27)26-12-10-24(11-13-26)23-6-8-25(9-7-23)28(21-38)16-17-37;1-4(2)3-5/h10-15,18-20,23,25,28,37-38H,2-9,16-17,21H2,1H3;3H,1H2,2H3. The molecule has 0 spiro atoms. The van der Waals surface area contributed by atoms with Crippen molar-refractivity contribution >= 4 is 6.29 Å². The zero-order valence-corrected chi connectivity index (χ0v) is 25.4. The van der Waals surface area contributed by atoms with Gasteiger partial charge in [-0.05, 0) is 116 Å². The molecule has 3 aromatic rings. The van der Waals surface area contributed by atoms with Gasteiger partial charge in [0.1, 0.15) is 23.7 Å². The van der Waals surface area contributed by atoms with E-state index in [-0.39, 0.29) is 30.3 Å². The van der Waals surface area contributed by atoms with Crippen LogP contribution in [-0.4, -0.2) is 29.7 Å². The van der Waals surface area contributed by atoms with Crippen LogP contribution in [0, 0.1) is 29.3 Å². The van der Waals surface area contributed by atoms with Gasteiger partial charge in [-0.2, -0.15) is 0 Å². The molecule has 1 aliphatic carbocycles. The van der Waals surface area contributed by atoms with Gasteiger partial charge in [-0.1, -0.05) is 62.7 Å². The van der Waals surface area contributed by atoms with Crippen LogP contribution in [0.15, 0.2) is 66.7 Å². The molecule has 1 atom stereocenters. The summed E-state index contributed by atoms with van der Waals surface area (Å²) in [6, 6.07) is 15.0. The number of aldehydes is 1. The summed E-state index contributed by atoms with van der Waals surface area (Å²) in [5, 5.41) is 18.9. The van der Waals surface area contributed by atoms with Gasteiger partial charge in [-0.25, -0.2) is 13.2 Å². The highest BCUT2D eigenvalue weighted by atomic mass is 19.1. The number of rotatable bonds is 12. The molecule has 0 bridgehead atoms. The predicted molar refractivity (Wildman–Crippen MR) is 168 cm³/mol.